The number of nitriles is 1. The lowest BCUT2D eigenvalue weighted by atomic mass is 9.84. The van der Waals surface area contributed by atoms with E-state index in [1.54, 1.807) is 18.3 Å². The number of pyridine rings is 1. The van der Waals surface area contributed by atoms with Gasteiger partial charge in [-0.05, 0) is 29.8 Å². The van der Waals surface area contributed by atoms with E-state index in [1.165, 1.54) is 0 Å². The average Bonchev–Trinajstić information content (AvgIpc) is 2.75. The summed E-state index contributed by atoms with van der Waals surface area (Å²) in [7, 11) is 0. The number of ether oxygens (including phenoxy) is 2. The molecule has 2 amide bonds. The Morgan fingerprint density at radius 2 is 1.97 bits per heavy atom. The fraction of sp³-hybridized carbons (Fsp3) is 0.381. The van der Waals surface area contributed by atoms with Gasteiger partial charge in [-0.25, -0.2) is 9.78 Å². The summed E-state index contributed by atoms with van der Waals surface area (Å²) in [6.45, 7) is 6.55. The number of aromatic nitrogens is 1. The summed E-state index contributed by atoms with van der Waals surface area (Å²) < 4.78 is 11.2. The van der Waals surface area contributed by atoms with Crippen LogP contribution in [0.25, 0.3) is 0 Å². The number of nitrogens with zero attached hydrogens (tertiary/aromatic N) is 2. The molecule has 152 valence electrons. The second kappa shape index (κ2) is 9.15. The van der Waals surface area contributed by atoms with E-state index in [2.05, 4.69) is 40.9 Å². The number of hydrogen-bond acceptors (Lipinski definition) is 6. The number of amides is 2. The summed E-state index contributed by atoms with van der Waals surface area (Å²) in [5.41, 5.74) is 1.25. The van der Waals surface area contributed by atoms with Crippen LogP contribution in [0.1, 0.15) is 25.0 Å². The van der Waals surface area contributed by atoms with Gasteiger partial charge in [0.05, 0.1) is 5.56 Å². The lowest BCUT2D eigenvalue weighted by molar-refractivity contribution is 0.171. The molecule has 1 aliphatic heterocycles. The zero-order valence-corrected chi connectivity index (χ0v) is 16.6. The topological polar surface area (TPSA) is 108 Å². The van der Waals surface area contributed by atoms with Crippen molar-refractivity contribution in [3.8, 4) is 17.6 Å². The first kappa shape index (κ1) is 20.3. The van der Waals surface area contributed by atoms with E-state index in [0.29, 0.717) is 44.2 Å². The fourth-order valence-corrected chi connectivity index (χ4v) is 2.92. The molecule has 1 aliphatic rings. The van der Waals surface area contributed by atoms with Crippen molar-refractivity contribution in [1.82, 2.24) is 15.6 Å². The van der Waals surface area contributed by atoms with Crippen LogP contribution in [0.5, 0.6) is 11.5 Å². The third kappa shape index (κ3) is 5.29. The Balaban J connectivity index is 1.44. The maximum Gasteiger partial charge on any atom is 0.314 e. The molecule has 1 aromatic heterocycles. The van der Waals surface area contributed by atoms with Crippen LogP contribution in [0.4, 0.5) is 10.6 Å². The lowest BCUT2D eigenvalue weighted by Gasteiger charge is -2.28. The van der Waals surface area contributed by atoms with E-state index in [4.69, 9.17) is 14.7 Å². The van der Waals surface area contributed by atoms with Crippen molar-refractivity contribution in [2.45, 2.75) is 19.3 Å². The number of rotatable bonds is 7. The van der Waals surface area contributed by atoms with Crippen molar-refractivity contribution >= 4 is 11.8 Å². The molecule has 0 saturated heterocycles. The van der Waals surface area contributed by atoms with Crippen LogP contribution >= 0.6 is 0 Å². The highest BCUT2D eigenvalue weighted by Crippen LogP contribution is 2.34. The van der Waals surface area contributed by atoms with Crippen molar-refractivity contribution in [2.24, 2.45) is 0 Å². The Morgan fingerprint density at radius 1 is 1.17 bits per heavy atom. The number of urea groups is 1. The van der Waals surface area contributed by atoms with Gasteiger partial charge in [-0.15, -0.1) is 0 Å². The Labute approximate surface area is 170 Å². The second-order valence-corrected chi connectivity index (χ2v) is 7.29. The van der Waals surface area contributed by atoms with Gasteiger partial charge >= 0.3 is 6.03 Å². The maximum atomic E-state index is 12.1. The van der Waals surface area contributed by atoms with E-state index >= 15 is 0 Å². The molecule has 3 N–H and O–H groups in total. The molecule has 0 fully saturated rings. The SMILES string of the molecule is CC(C)(CNC(=O)NCCNc1ncccc1C#N)c1ccc2c(c1)OCCO2. The third-order valence-corrected chi connectivity index (χ3v) is 4.65. The highest BCUT2D eigenvalue weighted by Gasteiger charge is 2.24. The Bertz CT molecular complexity index is 907. The number of nitrogens with one attached hydrogen (secondary N) is 3. The van der Waals surface area contributed by atoms with Crippen molar-refractivity contribution in [3.63, 3.8) is 0 Å². The summed E-state index contributed by atoms with van der Waals surface area (Å²) >= 11 is 0. The predicted molar refractivity (Wildman–Crippen MR) is 109 cm³/mol. The highest BCUT2D eigenvalue weighted by atomic mass is 16.6. The number of carbonyl (C=O) groups is 1. The summed E-state index contributed by atoms with van der Waals surface area (Å²) in [5.74, 6) is 2.00. The van der Waals surface area contributed by atoms with E-state index in [-0.39, 0.29) is 11.4 Å². The average molecular weight is 395 g/mol. The smallest absolute Gasteiger partial charge is 0.314 e. The van der Waals surface area contributed by atoms with Gasteiger partial charge in [0.25, 0.3) is 0 Å². The monoisotopic (exact) mass is 395 g/mol. The Kier molecular flexibility index (Phi) is 6.39. The van der Waals surface area contributed by atoms with Crippen LogP contribution in [-0.4, -0.2) is 43.9 Å². The summed E-state index contributed by atoms with van der Waals surface area (Å²) in [4.78, 5) is 16.2. The molecular weight excluding hydrogens is 370 g/mol. The van der Waals surface area contributed by atoms with Crippen LogP contribution < -0.4 is 25.4 Å². The van der Waals surface area contributed by atoms with Gasteiger partial charge in [0.15, 0.2) is 11.5 Å². The molecule has 0 saturated carbocycles. The number of fused-ring (bicyclic) bond motifs is 1. The molecule has 0 bridgehead atoms. The highest BCUT2D eigenvalue weighted by molar-refractivity contribution is 5.74. The normalized spacial score (nSPS) is 12.6. The van der Waals surface area contributed by atoms with Crippen LogP contribution in [-0.2, 0) is 5.41 Å². The number of anilines is 1. The zero-order valence-electron chi connectivity index (χ0n) is 16.6. The molecule has 8 nitrogen and oxygen atoms in total. The minimum atomic E-state index is -0.277. The molecule has 1 aromatic carbocycles. The zero-order chi connectivity index (χ0) is 20.7. The van der Waals surface area contributed by atoms with Crippen molar-refractivity contribution in [3.05, 3.63) is 47.7 Å². The summed E-state index contributed by atoms with van der Waals surface area (Å²) in [5, 5.41) is 17.8. The standard InChI is InChI=1S/C21H25N5O3/c1-21(2,16-5-6-17-18(12-16)29-11-10-28-17)14-26-20(27)25-9-8-24-19-15(13-22)4-3-7-23-19/h3-7,12H,8-11,14H2,1-2H3,(H,23,24)(H2,25,26,27). The van der Waals surface area contributed by atoms with Gasteiger partial charge in [-0.2, -0.15) is 5.26 Å². The van der Waals surface area contributed by atoms with E-state index < -0.39 is 0 Å². The van der Waals surface area contributed by atoms with Gasteiger partial charge in [-0.3, -0.25) is 0 Å². The van der Waals surface area contributed by atoms with E-state index in [0.717, 1.165) is 17.1 Å². The fourth-order valence-electron chi connectivity index (χ4n) is 2.92. The van der Waals surface area contributed by atoms with Gasteiger partial charge < -0.3 is 25.4 Å². The van der Waals surface area contributed by atoms with Crippen molar-refractivity contribution in [1.29, 1.82) is 5.26 Å². The van der Waals surface area contributed by atoms with E-state index in [1.807, 2.05) is 18.2 Å². The van der Waals surface area contributed by atoms with Crippen LogP contribution in [0.15, 0.2) is 36.5 Å². The Hall–Kier alpha value is -3.47. The molecule has 2 aromatic rings. The first-order valence-electron chi connectivity index (χ1n) is 9.50. The van der Waals surface area contributed by atoms with Gasteiger partial charge in [0.1, 0.15) is 25.1 Å². The predicted octanol–water partition coefficient (Wildman–Crippen LogP) is 2.41. The van der Waals surface area contributed by atoms with Crippen molar-refractivity contribution < 1.29 is 14.3 Å². The molecule has 0 atom stereocenters. The Morgan fingerprint density at radius 3 is 2.76 bits per heavy atom. The molecule has 0 aliphatic carbocycles. The van der Waals surface area contributed by atoms with Gasteiger partial charge in [0.2, 0.25) is 0 Å². The van der Waals surface area contributed by atoms with Gasteiger partial charge in [0, 0.05) is 31.2 Å². The number of hydrogen-bond donors (Lipinski definition) is 3. The van der Waals surface area contributed by atoms with Gasteiger partial charge in [-0.1, -0.05) is 19.9 Å². The molecule has 0 radical (unpaired) electrons. The third-order valence-electron chi connectivity index (χ3n) is 4.65. The molecule has 8 heteroatoms. The van der Waals surface area contributed by atoms with Crippen LogP contribution in [0, 0.1) is 11.3 Å². The largest absolute Gasteiger partial charge is 0.486 e. The number of carbonyl (C=O) groups excluding carboxylic acids is 1. The molecule has 3 rings (SSSR count). The van der Waals surface area contributed by atoms with Crippen LogP contribution in [0.3, 0.4) is 0 Å². The summed E-state index contributed by atoms with van der Waals surface area (Å²) in [6, 6.07) is 11.1. The molecule has 0 unspecified atom stereocenters. The van der Waals surface area contributed by atoms with E-state index in [9.17, 15) is 4.79 Å². The molecular formula is C21H25N5O3. The number of benzene rings is 1. The minimum absolute atomic E-state index is 0.251. The maximum absolute atomic E-state index is 12.1. The molecule has 0 spiro atoms. The minimum Gasteiger partial charge on any atom is -0.486 e. The quantitative estimate of drug-likeness (QED) is 0.622. The van der Waals surface area contributed by atoms with Crippen molar-refractivity contribution in [2.75, 3.05) is 38.2 Å². The molecule has 2 heterocycles. The second-order valence-electron chi connectivity index (χ2n) is 7.29. The van der Waals surface area contributed by atoms with Crippen LogP contribution in [0.2, 0.25) is 0 Å². The lowest BCUT2D eigenvalue weighted by Crippen LogP contribution is -2.43. The molecule has 29 heavy (non-hydrogen) atoms. The summed E-state index contributed by atoms with van der Waals surface area (Å²) in [6.07, 6.45) is 1.61. The first-order chi connectivity index (χ1) is 14.0. The first-order valence-corrected chi connectivity index (χ1v) is 9.50.